The van der Waals surface area contributed by atoms with E-state index in [1.807, 2.05) is 0 Å². The van der Waals surface area contributed by atoms with Crippen LogP contribution in [0.5, 0.6) is 0 Å². The van der Waals surface area contributed by atoms with Crippen LogP contribution < -0.4 is 10.6 Å². The van der Waals surface area contributed by atoms with Crippen LogP contribution in [0.2, 0.25) is 0 Å². The van der Waals surface area contributed by atoms with Gasteiger partial charge in [0.15, 0.2) is 0 Å². The Kier molecular flexibility index (Phi) is 8.07. The molecule has 0 aliphatic carbocycles. The van der Waals surface area contributed by atoms with E-state index in [0.29, 0.717) is 18.5 Å². The largest absolute Gasteiger partial charge is 0.355 e. The second kappa shape index (κ2) is 9.32. The highest BCUT2D eigenvalue weighted by Gasteiger charge is 2.25. The molecule has 0 radical (unpaired) electrons. The second-order valence-corrected chi connectivity index (χ2v) is 5.73. The van der Waals surface area contributed by atoms with Crippen molar-refractivity contribution in [2.45, 2.75) is 52.5 Å². The highest BCUT2D eigenvalue weighted by molar-refractivity contribution is 5.77. The fourth-order valence-electron chi connectivity index (χ4n) is 2.71. The predicted octanol–water partition coefficient (Wildman–Crippen LogP) is 1.61. The van der Waals surface area contributed by atoms with Crippen molar-refractivity contribution >= 4 is 5.91 Å². The van der Waals surface area contributed by atoms with Crippen molar-refractivity contribution in [1.29, 1.82) is 0 Å². The predicted molar refractivity (Wildman–Crippen MR) is 80.2 cm³/mol. The smallest absolute Gasteiger partial charge is 0.234 e. The maximum atomic E-state index is 11.8. The van der Waals surface area contributed by atoms with Gasteiger partial charge in [0.2, 0.25) is 5.91 Å². The van der Waals surface area contributed by atoms with Crippen LogP contribution in [0.25, 0.3) is 0 Å². The summed E-state index contributed by atoms with van der Waals surface area (Å²) < 4.78 is 0. The van der Waals surface area contributed by atoms with Crippen molar-refractivity contribution in [2.75, 3.05) is 32.7 Å². The first kappa shape index (κ1) is 16.4. The summed E-state index contributed by atoms with van der Waals surface area (Å²) in [5, 5.41) is 6.54. The molecule has 1 amide bonds. The van der Waals surface area contributed by atoms with Crippen molar-refractivity contribution in [3.63, 3.8) is 0 Å². The van der Waals surface area contributed by atoms with E-state index in [9.17, 15) is 4.79 Å². The molecule has 0 aromatic heterocycles. The number of nitrogens with one attached hydrogen (secondary N) is 2. The van der Waals surface area contributed by atoms with Gasteiger partial charge >= 0.3 is 0 Å². The molecule has 2 N–H and O–H groups in total. The fourth-order valence-corrected chi connectivity index (χ4v) is 2.71. The topological polar surface area (TPSA) is 44.4 Å². The lowest BCUT2D eigenvalue weighted by molar-refractivity contribution is -0.122. The molecule has 1 rings (SSSR count). The molecule has 1 saturated heterocycles. The minimum Gasteiger partial charge on any atom is -0.355 e. The van der Waals surface area contributed by atoms with Gasteiger partial charge in [0.1, 0.15) is 0 Å². The summed E-state index contributed by atoms with van der Waals surface area (Å²) in [5.41, 5.74) is 0. The highest BCUT2D eigenvalue weighted by Crippen LogP contribution is 2.19. The molecule has 4 nitrogen and oxygen atoms in total. The Morgan fingerprint density at radius 3 is 2.74 bits per heavy atom. The molecule has 0 aromatic rings. The molecule has 1 aliphatic rings. The molecule has 19 heavy (non-hydrogen) atoms. The first-order chi connectivity index (χ1) is 9.17. The fraction of sp³-hybridized carbons (Fsp3) is 0.933. The number of carbonyl (C=O) groups excluding carboxylic acids is 1. The third kappa shape index (κ3) is 6.39. The molecule has 0 spiro atoms. The summed E-state index contributed by atoms with van der Waals surface area (Å²) in [7, 11) is 0. The number of carbonyl (C=O) groups is 1. The maximum Gasteiger partial charge on any atom is 0.234 e. The van der Waals surface area contributed by atoms with Gasteiger partial charge in [-0.25, -0.2) is 0 Å². The molecule has 1 aliphatic heterocycles. The Hall–Kier alpha value is -0.610. The van der Waals surface area contributed by atoms with Crippen molar-refractivity contribution in [2.24, 2.45) is 5.92 Å². The minimum atomic E-state index is 0.177. The van der Waals surface area contributed by atoms with E-state index in [4.69, 9.17) is 0 Å². The number of hydrogen-bond acceptors (Lipinski definition) is 3. The molecule has 2 atom stereocenters. The molecule has 2 unspecified atom stereocenters. The van der Waals surface area contributed by atoms with Crippen LogP contribution in [0.3, 0.4) is 0 Å². The summed E-state index contributed by atoms with van der Waals surface area (Å²) in [4.78, 5) is 14.1. The van der Waals surface area contributed by atoms with E-state index in [0.717, 1.165) is 32.6 Å². The summed E-state index contributed by atoms with van der Waals surface area (Å²) in [6.07, 6.45) is 4.68. The normalized spacial score (nSPS) is 22.2. The first-order valence-electron chi connectivity index (χ1n) is 7.89. The van der Waals surface area contributed by atoms with Crippen LogP contribution in [0.1, 0.15) is 46.5 Å². The molecular weight excluding hydrogens is 238 g/mol. The minimum absolute atomic E-state index is 0.177. The van der Waals surface area contributed by atoms with Crippen LogP contribution in [0.15, 0.2) is 0 Å². The molecular formula is C15H31N3O. The summed E-state index contributed by atoms with van der Waals surface area (Å²) in [6.45, 7) is 11.1. The van der Waals surface area contributed by atoms with Crippen LogP contribution in [0, 0.1) is 5.92 Å². The zero-order valence-electron chi connectivity index (χ0n) is 12.9. The van der Waals surface area contributed by atoms with Gasteiger partial charge in [-0.3, -0.25) is 9.69 Å². The lowest BCUT2D eigenvalue weighted by Crippen LogP contribution is -2.47. The SMILES string of the molecule is CCCNC(=O)CN1CCCC(C(C)NCCC)C1. The Balaban J connectivity index is 2.30. The van der Waals surface area contributed by atoms with E-state index < -0.39 is 0 Å². The van der Waals surface area contributed by atoms with Crippen LogP contribution in [0.4, 0.5) is 0 Å². The molecule has 0 bridgehead atoms. The molecule has 1 heterocycles. The lowest BCUT2D eigenvalue weighted by atomic mass is 9.91. The van der Waals surface area contributed by atoms with Gasteiger partial charge in [-0.05, 0) is 51.6 Å². The molecule has 112 valence electrons. The van der Waals surface area contributed by atoms with Crippen LogP contribution in [-0.4, -0.2) is 49.6 Å². The van der Waals surface area contributed by atoms with Gasteiger partial charge in [0, 0.05) is 19.1 Å². The maximum absolute atomic E-state index is 11.8. The molecule has 4 heteroatoms. The Morgan fingerprint density at radius 1 is 1.32 bits per heavy atom. The number of nitrogens with zero attached hydrogens (tertiary/aromatic N) is 1. The van der Waals surface area contributed by atoms with Gasteiger partial charge < -0.3 is 10.6 Å². The number of hydrogen-bond donors (Lipinski definition) is 2. The van der Waals surface area contributed by atoms with Crippen molar-refractivity contribution in [1.82, 2.24) is 15.5 Å². The second-order valence-electron chi connectivity index (χ2n) is 5.73. The van der Waals surface area contributed by atoms with Gasteiger partial charge in [0.25, 0.3) is 0 Å². The van der Waals surface area contributed by atoms with E-state index in [-0.39, 0.29) is 5.91 Å². The third-order valence-electron chi connectivity index (χ3n) is 3.90. The van der Waals surface area contributed by atoms with Crippen molar-refractivity contribution < 1.29 is 4.79 Å². The quantitative estimate of drug-likeness (QED) is 0.704. The van der Waals surface area contributed by atoms with Crippen LogP contribution >= 0.6 is 0 Å². The summed E-state index contributed by atoms with van der Waals surface area (Å²) in [6, 6.07) is 0.557. The Labute approximate surface area is 118 Å². The number of amides is 1. The summed E-state index contributed by atoms with van der Waals surface area (Å²) in [5.74, 6) is 0.857. The standard InChI is InChI=1S/C15H31N3O/c1-4-8-16-13(3)14-7-6-10-18(11-14)12-15(19)17-9-5-2/h13-14,16H,4-12H2,1-3H3,(H,17,19). The zero-order valence-corrected chi connectivity index (χ0v) is 12.9. The van der Waals surface area contributed by atoms with E-state index in [1.54, 1.807) is 0 Å². The van der Waals surface area contributed by atoms with Crippen molar-refractivity contribution in [3.8, 4) is 0 Å². The average molecular weight is 269 g/mol. The third-order valence-corrected chi connectivity index (χ3v) is 3.90. The monoisotopic (exact) mass is 269 g/mol. The van der Waals surface area contributed by atoms with E-state index >= 15 is 0 Å². The van der Waals surface area contributed by atoms with Crippen LogP contribution in [-0.2, 0) is 4.79 Å². The average Bonchev–Trinajstić information content (AvgIpc) is 2.42. The molecule has 1 fully saturated rings. The molecule has 0 saturated carbocycles. The number of likely N-dealkylation sites (tertiary alicyclic amines) is 1. The Morgan fingerprint density at radius 2 is 2.05 bits per heavy atom. The number of piperidine rings is 1. The Bertz CT molecular complexity index is 258. The summed E-state index contributed by atoms with van der Waals surface area (Å²) >= 11 is 0. The van der Waals surface area contributed by atoms with Gasteiger partial charge in [0.05, 0.1) is 6.54 Å². The van der Waals surface area contributed by atoms with Gasteiger partial charge in [-0.2, -0.15) is 0 Å². The highest BCUT2D eigenvalue weighted by atomic mass is 16.2. The van der Waals surface area contributed by atoms with Gasteiger partial charge in [-0.15, -0.1) is 0 Å². The van der Waals surface area contributed by atoms with Crippen molar-refractivity contribution in [3.05, 3.63) is 0 Å². The zero-order chi connectivity index (χ0) is 14.1. The van der Waals surface area contributed by atoms with Gasteiger partial charge in [-0.1, -0.05) is 13.8 Å². The first-order valence-corrected chi connectivity index (χ1v) is 7.89. The number of rotatable bonds is 8. The lowest BCUT2D eigenvalue weighted by Gasteiger charge is -2.35. The van der Waals surface area contributed by atoms with E-state index in [2.05, 4.69) is 36.3 Å². The van der Waals surface area contributed by atoms with E-state index in [1.165, 1.54) is 19.3 Å². The molecule has 0 aromatic carbocycles.